The number of methoxy groups -OCH3 is 1. The summed E-state index contributed by atoms with van der Waals surface area (Å²) in [7, 11) is 1.60. The van der Waals surface area contributed by atoms with Crippen LogP contribution in [0.3, 0.4) is 0 Å². The Hall–Kier alpha value is -2.22. The van der Waals surface area contributed by atoms with Crippen LogP contribution in [0.5, 0.6) is 5.75 Å². The third kappa shape index (κ3) is 4.69. The van der Waals surface area contributed by atoms with E-state index in [2.05, 4.69) is 26.2 Å². The number of nitrogens with zero attached hydrogens (tertiary/aromatic N) is 1. The zero-order valence-electron chi connectivity index (χ0n) is 14.1. The number of rotatable bonds is 7. The third-order valence-corrected chi connectivity index (χ3v) is 4.77. The average Bonchev–Trinajstić information content (AvgIpc) is 3.11. The van der Waals surface area contributed by atoms with Gasteiger partial charge in [0.2, 0.25) is 0 Å². The van der Waals surface area contributed by atoms with Crippen LogP contribution in [0.15, 0.2) is 58.4 Å². The van der Waals surface area contributed by atoms with Gasteiger partial charge in [0.25, 0.3) is 5.91 Å². The Morgan fingerprint density at radius 2 is 2.04 bits per heavy atom. The Bertz CT molecular complexity index is 898. The molecule has 0 fully saturated rings. The molecule has 0 radical (unpaired) electrons. The smallest absolute Gasteiger partial charge is 0.261 e. The van der Waals surface area contributed by atoms with Gasteiger partial charge in [0, 0.05) is 22.5 Å². The molecule has 0 bridgehead atoms. The summed E-state index contributed by atoms with van der Waals surface area (Å²) in [5.41, 5.74) is 2.26. The summed E-state index contributed by atoms with van der Waals surface area (Å²) in [6.07, 6.45) is 0. The number of hydrogen-bond donors (Lipinski definition) is 1. The van der Waals surface area contributed by atoms with E-state index in [-0.39, 0.29) is 5.91 Å². The first-order valence-electron chi connectivity index (χ1n) is 7.91. The van der Waals surface area contributed by atoms with Crippen molar-refractivity contribution in [3.8, 4) is 17.0 Å². The monoisotopic (exact) mass is 432 g/mol. The maximum Gasteiger partial charge on any atom is 0.261 e. The molecule has 5 nitrogen and oxygen atoms in total. The van der Waals surface area contributed by atoms with Gasteiger partial charge >= 0.3 is 0 Å². The lowest BCUT2D eigenvalue weighted by molar-refractivity contribution is 0.101. The number of aromatic nitrogens is 1. The van der Waals surface area contributed by atoms with Gasteiger partial charge in [-0.05, 0) is 24.3 Å². The number of hydrogen-bond acceptors (Lipinski definition) is 5. The number of benzene rings is 2. The maximum absolute atomic E-state index is 12.6. The minimum atomic E-state index is -0.256. The van der Waals surface area contributed by atoms with E-state index in [4.69, 9.17) is 9.47 Å². The van der Waals surface area contributed by atoms with Crippen molar-refractivity contribution in [3.05, 3.63) is 63.9 Å². The molecule has 0 atom stereocenters. The van der Waals surface area contributed by atoms with Crippen LogP contribution >= 0.6 is 27.3 Å². The molecular weight excluding hydrogens is 416 g/mol. The van der Waals surface area contributed by atoms with Crippen LogP contribution in [0.1, 0.15) is 10.4 Å². The summed E-state index contributed by atoms with van der Waals surface area (Å²) in [4.78, 5) is 17.1. The fourth-order valence-corrected chi connectivity index (χ4v) is 3.41. The third-order valence-electron chi connectivity index (χ3n) is 3.52. The summed E-state index contributed by atoms with van der Waals surface area (Å²) >= 11 is 4.84. The summed E-state index contributed by atoms with van der Waals surface area (Å²) in [5, 5.41) is 5.29. The number of halogens is 1. The number of anilines is 1. The molecule has 26 heavy (non-hydrogen) atoms. The summed E-state index contributed by atoms with van der Waals surface area (Å²) in [5.74, 6) is 0.263. The van der Waals surface area contributed by atoms with E-state index in [0.717, 1.165) is 15.7 Å². The Kier molecular flexibility index (Phi) is 6.38. The minimum absolute atomic E-state index is 0.256. The van der Waals surface area contributed by atoms with Crippen LogP contribution in [0.4, 0.5) is 5.13 Å². The van der Waals surface area contributed by atoms with E-state index in [0.29, 0.717) is 29.7 Å². The van der Waals surface area contributed by atoms with Crippen molar-refractivity contribution >= 4 is 38.3 Å². The Balaban J connectivity index is 1.73. The van der Waals surface area contributed by atoms with Crippen LogP contribution < -0.4 is 10.1 Å². The van der Waals surface area contributed by atoms with E-state index >= 15 is 0 Å². The molecule has 2 aromatic carbocycles. The summed E-state index contributed by atoms with van der Waals surface area (Å²) in [6.45, 7) is 0.837. The van der Waals surface area contributed by atoms with Gasteiger partial charge < -0.3 is 9.47 Å². The van der Waals surface area contributed by atoms with Crippen LogP contribution in [-0.2, 0) is 4.74 Å². The second kappa shape index (κ2) is 8.93. The highest BCUT2D eigenvalue weighted by Crippen LogP contribution is 2.28. The molecule has 3 aromatic rings. The van der Waals surface area contributed by atoms with Crippen molar-refractivity contribution in [2.75, 3.05) is 25.6 Å². The highest BCUT2D eigenvalue weighted by Gasteiger charge is 2.14. The quantitative estimate of drug-likeness (QED) is 0.542. The first-order chi connectivity index (χ1) is 12.7. The normalized spacial score (nSPS) is 10.5. The fraction of sp³-hybridized carbons (Fsp3) is 0.158. The standard InChI is InChI=1S/C19H17BrN2O3S/c1-24-9-10-25-17-8-3-2-7-15(17)18(23)22-19-21-16(12-26-19)13-5-4-6-14(20)11-13/h2-8,11-12H,9-10H2,1H3,(H,21,22,23). The van der Waals surface area contributed by atoms with Crippen molar-refractivity contribution in [2.24, 2.45) is 0 Å². The van der Waals surface area contributed by atoms with E-state index in [9.17, 15) is 4.79 Å². The largest absolute Gasteiger partial charge is 0.490 e. The Morgan fingerprint density at radius 1 is 1.19 bits per heavy atom. The lowest BCUT2D eigenvalue weighted by Crippen LogP contribution is -2.14. The highest BCUT2D eigenvalue weighted by atomic mass is 79.9. The number of nitrogens with one attached hydrogen (secondary N) is 1. The van der Waals surface area contributed by atoms with Gasteiger partial charge in [-0.3, -0.25) is 10.1 Å². The molecule has 7 heteroatoms. The van der Waals surface area contributed by atoms with Gasteiger partial charge in [0.05, 0.1) is 17.9 Å². The van der Waals surface area contributed by atoms with Gasteiger partial charge in [0.15, 0.2) is 5.13 Å². The second-order valence-electron chi connectivity index (χ2n) is 5.34. The van der Waals surface area contributed by atoms with E-state index in [1.807, 2.05) is 35.7 Å². The predicted molar refractivity (Wildman–Crippen MR) is 107 cm³/mol. The molecule has 3 rings (SSSR count). The van der Waals surface area contributed by atoms with Gasteiger partial charge in [-0.25, -0.2) is 4.98 Å². The number of amides is 1. The Morgan fingerprint density at radius 3 is 2.85 bits per heavy atom. The number of ether oxygens (including phenoxy) is 2. The predicted octanol–water partition coefficient (Wildman–Crippen LogP) is 4.85. The number of thiazole rings is 1. The molecule has 0 saturated carbocycles. The van der Waals surface area contributed by atoms with E-state index in [1.54, 1.807) is 25.3 Å². The van der Waals surface area contributed by atoms with E-state index < -0.39 is 0 Å². The molecule has 1 heterocycles. The van der Waals surface area contributed by atoms with Crippen molar-refractivity contribution < 1.29 is 14.3 Å². The summed E-state index contributed by atoms with van der Waals surface area (Å²) < 4.78 is 11.6. The maximum atomic E-state index is 12.6. The van der Waals surface area contributed by atoms with Crippen LogP contribution in [0.25, 0.3) is 11.3 Å². The topological polar surface area (TPSA) is 60.5 Å². The number of para-hydroxylation sites is 1. The minimum Gasteiger partial charge on any atom is -0.490 e. The lowest BCUT2D eigenvalue weighted by Gasteiger charge is -2.10. The van der Waals surface area contributed by atoms with Gasteiger partial charge in [-0.15, -0.1) is 11.3 Å². The zero-order chi connectivity index (χ0) is 18.4. The molecule has 0 aliphatic heterocycles. The van der Waals surface area contributed by atoms with Crippen molar-refractivity contribution in [1.29, 1.82) is 0 Å². The highest BCUT2D eigenvalue weighted by molar-refractivity contribution is 9.10. The first-order valence-corrected chi connectivity index (χ1v) is 9.58. The first kappa shape index (κ1) is 18.6. The molecule has 1 aromatic heterocycles. The number of carbonyl (C=O) groups excluding carboxylic acids is 1. The fourth-order valence-electron chi connectivity index (χ4n) is 2.29. The van der Waals surface area contributed by atoms with Gasteiger partial charge in [-0.1, -0.05) is 40.2 Å². The van der Waals surface area contributed by atoms with Gasteiger partial charge in [-0.2, -0.15) is 0 Å². The van der Waals surface area contributed by atoms with Crippen LogP contribution in [-0.4, -0.2) is 31.2 Å². The molecular formula is C19H17BrN2O3S. The molecule has 1 amide bonds. The number of carbonyl (C=O) groups is 1. The van der Waals surface area contributed by atoms with Gasteiger partial charge in [0.1, 0.15) is 12.4 Å². The second-order valence-corrected chi connectivity index (χ2v) is 7.11. The Labute approximate surface area is 164 Å². The molecule has 0 saturated heterocycles. The molecule has 0 aliphatic rings. The average molecular weight is 433 g/mol. The molecule has 0 aliphatic carbocycles. The molecule has 0 spiro atoms. The summed E-state index contributed by atoms with van der Waals surface area (Å²) in [6, 6.07) is 15.0. The molecule has 134 valence electrons. The van der Waals surface area contributed by atoms with Crippen molar-refractivity contribution in [3.63, 3.8) is 0 Å². The van der Waals surface area contributed by atoms with Crippen LogP contribution in [0, 0.1) is 0 Å². The molecule has 0 unspecified atom stereocenters. The molecule has 1 N–H and O–H groups in total. The van der Waals surface area contributed by atoms with Crippen LogP contribution in [0.2, 0.25) is 0 Å². The lowest BCUT2D eigenvalue weighted by atomic mass is 10.2. The zero-order valence-corrected chi connectivity index (χ0v) is 16.5. The van der Waals surface area contributed by atoms with Crippen molar-refractivity contribution in [2.45, 2.75) is 0 Å². The van der Waals surface area contributed by atoms with E-state index in [1.165, 1.54) is 11.3 Å². The van der Waals surface area contributed by atoms with Crippen molar-refractivity contribution in [1.82, 2.24) is 4.98 Å². The SMILES string of the molecule is COCCOc1ccccc1C(=O)Nc1nc(-c2cccc(Br)c2)cs1.